The summed E-state index contributed by atoms with van der Waals surface area (Å²) >= 11 is 6.06. The van der Waals surface area contributed by atoms with Gasteiger partial charge in [-0.2, -0.15) is 10.2 Å². The van der Waals surface area contributed by atoms with E-state index in [9.17, 15) is 4.79 Å². The first-order valence-electron chi connectivity index (χ1n) is 10.8. The van der Waals surface area contributed by atoms with Crippen molar-refractivity contribution in [2.75, 3.05) is 0 Å². The minimum Gasteiger partial charge on any atom is -0.352 e. The highest BCUT2D eigenvalue weighted by Crippen LogP contribution is 2.25. The van der Waals surface area contributed by atoms with Crippen molar-refractivity contribution in [1.29, 1.82) is 0 Å². The molecule has 168 valence electrons. The van der Waals surface area contributed by atoms with E-state index in [1.165, 1.54) is 6.33 Å². The molecule has 0 atom stereocenters. The topological polar surface area (TPSA) is 77.6 Å². The Balaban J connectivity index is 1.32. The first-order valence-corrected chi connectivity index (χ1v) is 11.1. The molecule has 0 bridgehead atoms. The molecule has 0 aliphatic rings. The zero-order chi connectivity index (χ0) is 23.3. The molecule has 1 N–H and O–H groups in total. The Morgan fingerprint density at radius 2 is 1.62 bits per heavy atom. The molecule has 8 heteroatoms. The molecule has 0 saturated heterocycles. The van der Waals surface area contributed by atoms with Gasteiger partial charge in [-0.05, 0) is 42.0 Å². The van der Waals surface area contributed by atoms with Crippen molar-refractivity contribution < 1.29 is 4.79 Å². The molecular formula is C26H21ClN6O. The van der Waals surface area contributed by atoms with Gasteiger partial charge in [0.25, 0.3) is 0 Å². The van der Waals surface area contributed by atoms with E-state index in [-0.39, 0.29) is 12.3 Å². The van der Waals surface area contributed by atoms with Crippen LogP contribution in [0.1, 0.15) is 11.1 Å². The summed E-state index contributed by atoms with van der Waals surface area (Å²) in [6.45, 7) is 0.430. The lowest BCUT2D eigenvalue weighted by atomic mass is 10.1. The third-order valence-corrected chi connectivity index (χ3v) is 5.64. The van der Waals surface area contributed by atoms with Gasteiger partial charge >= 0.3 is 0 Å². The largest absolute Gasteiger partial charge is 0.352 e. The molecule has 0 radical (unpaired) electrons. The molecule has 7 nitrogen and oxygen atoms in total. The number of hydrogen-bond acceptors (Lipinski definition) is 4. The smallest absolute Gasteiger partial charge is 0.224 e. The average molecular weight is 469 g/mol. The number of halogens is 1. The lowest BCUT2D eigenvalue weighted by Gasteiger charge is -2.07. The predicted molar refractivity (Wildman–Crippen MR) is 131 cm³/mol. The number of nitrogens with zero attached hydrogens (tertiary/aromatic N) is 5. The summed E-state index contributed by atoms with van der Waals surface area (Å²) < 4.78 is 3.49. The summed E-state index contributed by atoms with van der Waals surface area (Å²) in [7, 11) is 0. The van der Waals surface area contributed by atoms with Crippen LogP contribution in [-0.2, 0) is 17.8 Å². The predicted octanol–water partition coefficient (Wildman–Crippen LogP) is 4.63. The van der Waals surface area contributed by atoms with Crippen molar-refractivity contribution in [3.63, 3.8) is 0 Å². The first-order chi connectivity index (χ1) is 16.7. The molecule has 2 heterocycles. The normalized spacial score (nSPS) is 10.9. The lowest BCUT2D eigenvalue weighted by molar-refractivity contribution is -0.120. The molecule has 3 aromatic carbocycles. The molecule has 0 fully saturated rings. The van der Waals surface area contributed by atoms with Gasteiger partial charge in [0, 0.05) is 28.9 Å². The van der Waals surface area contributed by atoms with E-state index in [0.29, 0.717) is 11.6 Å². The highest BCUT2D eigenvalue weighted by atomic mass is 35.5. The summed E-state index contributed by atoms with van der Waals surface area (Å²) in [5.41, 5.74) is 5.34. The molecule has 0 saturated carbocycles. The molecule has 2 aromatic heterocycles. The number of para-hydroxylation sites is 1. The lowest BCUT2D eigenvalue weighted by Crippen LogP contribution is -2.24. The number of benzene rings is 3. The van der Waals surface area contributed by atoms with Crippen LogP contribution in [0.3, 0.4) is 0 Å². The van der Waals surface area contributed by atoms with Crippen molar-refractivity contribution in [2.24, 2.45) is 0 Å². The summed E-state index contributed by atoms with van der Waals surface area (Å²) in [4.78, 5) is 16.8. The van der Waals surface area contributed by atoms with Crippen LogP contribution >= 0.6 is 11.6 Å². The van der Waals surface area contributed by atoms with E-state index in [0.717, 1.165) is 33.8 Å². The first kappa shape index (κ1) is 21.6. The maximum Gasteiger partial charge on any atom is 0.224 e. The number of rotatable bonds is 7. The van der Waals surface area contributed by atoms with E-state index in [2.05, 4.69) is 15.4 Å². The van der Waals surface area contributed by atoms with Crippen LogP contribution in [0.4, 0.5) is 0 Å². The second-order valence-electron chi connectivity index (χ2n) is 7.75. The molecule has 0 aliphatic carbocycles. The third kappa shape index (κ3) is 4.89. The van der Waals surface area contributed by atoms with Gasteiger partial charge in [0.05, 0.1) is 23.5 Å². The summed E-state index contributed by atoms with van der Waals surface area (Å²) in [6, 6.07) is 25.1. The fourth-order valence-electron chi connectivity index (χ4n) is 3.65. The van der Waals surface area contributed by atoms with Crippen molar-refractivity contribution >= 4 is 17.5 Å². The van der Waals surface area contributed by atoms with Gasteiger partial charge in [0.1, 0.15) is 12.7 Å². The Kier molecular flexibility index (Phi) is 6.18. The third-order valence-electron chi connectivity index (χ3n) is 5.39. The van der Waals surface area contributed by atoms with E-state index in [4.69, 9.17) is 16.7 Å². The quantitative estimate of drug-likeness (QED) is 0.377. The van der Waals surface area contributed by atoms with Gasteiger partial charge in [-0.15, -0.1) is 0 Å². The SMILES string of the molecule is O=C(Cc1cn(-c2ccccc2)nc1-c1ccc(Cl)cc1)NCc1ccc(-n2cncn2)cc1. The summed E-state index contributed by atoms with van der Waals surface area (Å²) in [5, 5.41) is 12.5. The average Bonchev–Trinajstić information content (AvgIpc) is 3.55. The van der Waals surface area contributed by atoms with E-state index < -0.39 is 0 Å². The molecule has 0 aliphatic heterocycles. The fourth-order valence-corrected chi connectivity index (χ4v) is 3.77. The molecule has 34 heavy (non-hydrogen) atoms. The second-order valence-corrected chi connectivity index (χ2v) is 8.19. The van der Waals surface area contributed by atoms with Crippen LogP contribution in [0.15, 0.2) is 97.7 Å². The van der Waals surface area contributed by atoms with Gasteiger partial charge in [-0.25, -0.2) is 14.3 Å². The molecule has 0 spiro atoms. The molecule has 1 amide bonds. The van der Waals surface area contributed by atoms with E-state index in [1.54, 1.807) is 15.7 Å². The summed E-state index contributed by atoms with van der Waals surface area (Å²) in [5.74, 6) is -0.0804. The van der Waals surface area contributed by atoms with Gasteiger partial charge in [0.2, 0.25) is 5.91 Å². The van der Waals surface area contributed by atoms with Crippen molar-refractivity contribution in [3.8, 4) is 22.6 Å². The molecule has 0 unspecified atom stereocenters. The van der Waals surface area contributed by atoms with Crippen LogP contribution in [0.25, 0.3) is 22.6 Å². The Bertz CT molecular complexity index is 1380. The Morgan fingerprint density at radius 3 is 2.32 bits per heavy atom. The second kappa shape index (κ2) is 9.72. The summed E-state index contributed by atoms with van der Waals surface area (Å²) in [6.07, 6.45) is 5.25. The Morgan fingerprint density at radius 1 is 0.882 bits per heavy atom. The minimum atomic E-state index is -0.0804. The maximum absolute atomic E-state index is 12.8. The standard InChI is InChI=1S/C26H21ClN6O/c27-22-10-8-20(9-11-22)26-21(16-32(31-26)23-4-2-1-3-5-23)14-25(34)29-15-19-6-12-24(13-7-19)33-18-28-17-30-33/h1-13,16-18H,14-15H2,(H,29,34). The number of nitrogens with one attached hydrogen (secondary N) is 1. The fraction of sp³-hybridized carbons (Fsp3) is 0.0769. The maximum atomic E-state index is 12.8. The molecule has 5 aromatic rings. The monoisotopic (exact) mass is 468 g/mol. The van der Waals surface area contributed by atoms with Crippen LogP contribution in [0.2, 0.25) is 5.02 Å². The van der Waals surface area contributed by atoms with Crippen molar-refractivity contribution in [1.82, 2.24) is 29.9 Å². The van der Waals surface area contributed by atoms with E-state index >= 15 is 0 Å². The highest BCUT2D eigenvalue weighted by Gasteiger charge is 2.15. The minimum absolute atomic E-state index is 0.0804. The van der Waals surface area contributed by atoms with Crippen molar-refractivity contribution in [2.45, 2.75) is 13.0 Å². The van der Waals surface area contributed by atoms with Crippen molar-refractivity contribution in [3.05, 3.63) is 114 Å². The van der Waals surface area contributed by atoms with Crippen LogP contribution in [-0.4, -0.2) is 30.5 Å². The van der Waals surface area contributed by atoms with Crippen LogP contribution in [0, 0.1) is 0 Å². The number of hydrogen-bond donors (Lipinski definition) is 1. The van der Waals surface area contributed by atoms with Crippen LogP contribution in [0.5, 0.6) is 0 Å². The number of aromatic nitrogens is 5. The number of amides is 1. The molecule has 5 rings (SSSR count). The van der Waals surface area contributed by atoms with Crippen LogP contribution < -0.4 is 5.32 Å². The van der Waals surface area contributed by atoms with Gasteiger partial charge in [0.15, 0.2) is 0 Å². The number of carbonyl (C=O) groups is 1. The Labute approximate surface area is 201 Å². The Hall–Kier alpha value is -4.23. The van der Waals surface area contributed by atoms with E-state index in [1.807, 2.05) is 85.1 Å². The van der Waals surface area contributed by atoms with Gasteiger partial charge in [-0.1, -0.05) is 54.1 Å². The molecular weight excluding hydrogens is 448 g/mol. The number of carbonyl (C=O) groups excluding carboxylic acids is 1. The highest BCUT2D eigenvalue weighted by molar-refractivity contribution is 6.30. The zero-order valence-electron chi connectivity index (χ0n) is 18.2. The van der Waals surface area contributed by atoms with Gasteiger partial charge < -0.3 is 5.32 Å². The van der Waals surface area contributed by atoms with Gasteiger partial charge in [-0.3, -0.25) is 4.79 Å². The zero-order valence-corrected chi connectivity index (χ0v) is 18.9.